The molecule has 1 unspecified atom stereocenters. The molecule has 4 nitrogen and oxygen atoms in total. The van der Waals surface area contributed by atoms with E-state index in [1.807, 2.05) is 0 Å². The summed E-state index contributed by atoms with van der Waals surface area (Å²) in [6.07, 6.45) is 3.95. The van der Waals surface area contributed by atoms with Crippen LogP contribution in [0.5, 0.6) is 0 Å². The summed E-state index contributed by atoms with van der Waals surface area (Å²) in [4.78, 5) is 2.28. The summed E-state index contributed by atoms with van der Waals surface area (Å²) in [7, 11) is 2.12. The normalized spacial score (nSPS) is 19.4. The van der Waals surface area contributed by atoms with Crippen molar-refractivity contribution in [2.24, 2.45) is 0 Å². The molecule has 2 heterocycles. The van der Waals surface area contributed by atoms with Crippen molar-refractivity contribution in [1.82, 2.24) is 10.2 Å². The van der Waals surface area contributed by atoms with Gasteiger partial charge in [-0.15, -0.1) is 0 Å². The van der Waals surface area contributed by atoms with Crippen LogP contribution in [0.4, 0.5) is 0 Å². The maximum atomic E-state index is 5.82. The lowest BCUT2D eigenvalue weighted by atomic mass is 10.2. The van der Waals surface area contributed by atoms with Gasteiger partial charge in [-0.3, -0.25) is 4.90 Å². The second-order valence-corrected chi connectivity index (χ2v) is 5.38. The predicted octanol–water partition coefficient (Wildman–Crippen LogP) is 2.39. The fourth-order valence-corrected chi connectivity index (χ4v) is 2.46. The number of hydrogen-bond acceptors (Lipinski definition) is 4. The molecule has 0 amide bonds. The average Bonchev–Trinajstić information content (AvgIpc) is 3.02. The van der Waals surface area contributed by atoms with Gasteiger partial charge >= 0.3 is 0 Å². The number of ether oxygens (including phenoxy) is 1. The SMILES string of the molecule is CCCNCc1ccc(CN(C)CC2CCCO2)o1. The minimum Gasteiger partial charge on any atom is -0.463 e. The third-order valence-corrected chi connectivity index (χ3v) is 3.41. The number of nitrogens with zero attached hydrogens (tertiary/aromatic N) is 1. The molecule has 1 aromatic rings. The van der Waals surface area contributed by atoms with E-state index in [4.69, 9.17) is 9.15 Å². The van der Waals surface area contributed by atoms with Crippen molar-refractivity contribution in [2.45, 2.75) is 45.4 Å². The van der Waals surface area contributed by atoms with Crippen LogP contribution in [-0.2, 0) is 17.8 Å². The molecule has 1 N–H and O–H groups in total. The van der Waals surface area contributed by atoms with E-state index in [-0.39, 0.29) is 0 Å². The van der Waals surface area contributed by atoms with Crippen molar-refractivity contribution in [1.29, 1.82) is 0 Å². The topological polar surface area (TPSA) is 37.6 Å². The zero-order valence-corrected chi connectivity index (χ0v) is 12.2. The van der Waals surface area contributed by atoms with Crippen molar-refractivity contribution in [3.8, 4) is 0 Å². The zero-order valence-electron chi connectivity index (χ0n) is 12.2. The van der Waals surface area contributed by atoms with E-state index in [2.05, 4.69) is 36.3 Å². The Labute approximate surface area is 116 Å². The van der Waals surface area contributed by atoms with Gasteiger partial charge in [-0.1, -0.05) is 6.92 Å². The molecule has 0 saturated carbocycles. The predicted molar refractivity (Wildman–Crippen MR) is 76.0 cm³/mol. The quantitative estimate of drug-likeness (QED) is 0.733. The Bertz CT molecular complexity index is 359. The van der Waals surface area contributed by atoms with Crippen LogP contribution in [0.25, 0.3) is 0 Å². The molecule has 1 saturated heterocycles. The van der Waals surface area contributed by atoms with Gasteiger partial charge in [0.15, 0.2) is 0 Å². The van der Waals surface area contributed by atoms with Gasteiger partial charge in [0.2, 0.25) is 0 Å². The van der Waals surface area contributed by atoms with E-state index >= 15 is 0 Å². The van der Waals surface area contributed by atoms with Crippen molar-refractivity contribution in [2.75, 3.05) is 26.7 Å². The summed E-state index contributed by atoms with van der Waals surface area (Å²) >= 11 is 0. The van der Waals surface area contributed by atoms with Gasteiger partial charge in [0.1, 0.15) is 11.5 Å². The van der Waals surface area contributed by atoms with Crippen LogP contribution in [0.15, 0.2) is 16.5 Å². The summed E-state index contributed by atoms with van der Waals surface area (Å²) in [5, 5.41) is 3.35. The highest BCUT2D eigenvalue weighted by molar-refractivity contribution is 5.07. The van der Waals surface area contributed by atoms with E-state index in [1.54, 1.807) is 0 Å². The van der Waals surface area contributed by atoms with Gasteiger partial charge in [0.05, 0.1) is 19.2 Å². The van der Waals surface area contributed by atoms with E-state index in [0.717, 1.165) is 50.7 Å². The summed E-state index contributed by atoms with van der Waals surface area (Å²) in [6, 6.07) is 4.15. The molecule has 1 aliphatic heterocycles. The number of rotatable bonds is 8. The van der Waals surface area contributed by atoms with Crippen LogP contribution < -0.4 is 5.32 Å². The van der Waals surface area contributed by atoms with Gasteiger partial charge in [-0.25, -0.2) is 0 Å². The second kappa shape index (κ2) is 7.68. The van der Waals surface area contributed by atoms with Crippen molar-refractivity contribution in [3.05, 3.63) is 23.7 Å². The lowest BCUT2D eigenvalue weighted by Gasteiger charge is -2.19. The molecule has 0 aromatic carbocycles. The van der Waals surface area contributed by atoms with Gasteiger partial charge in [-0.05, 0) is 45.0 Å². The molecule has 0 spiro atoms. The van der Waals surface area contributed by atoms with Crippen LogP contribution in [0.3, 0.4) is 0 Å². The standard InChI is InChI=1S/C15H26N2O2/c1-3-8-16-10-13-6-7-15(19-13)12-17(2)11-14-5-4-9-18-14/h6-7,14,16H,3-5,8-12H2,1-2H3. The first-order valence-corrected chi connectivity index (χ1v) is 7.36. The lowest BCUT2D eigenvalue weighted by molar-refractivity contribution is 0.0773. The Hall–Kier alpha value is -0.840. The Morgan fingerprint density at radius 3 is 2.95 bits per heavy atom. The third-order valence-electron chi connectivity index (χ3n) is 3.41. The van der Waals surface area contributed by atoms with E-state index < -0.39 is 0 Å². The minimum atomic E-state index is 0.408. The molecule has 108 valence electrons. The zero-order chi connectivity index (χ0) is 13.5. The van der Waals surface area contributed by atoms with E-state index in [9.17, 15) is 0 Å². The first-order chi connectivity index (χ1) is 9.28. The molecule has 1 aromatic heterocycles. The Balaban J connectivity index is 1.72. The molecule has 1 atom stereocenters. The minimum absolute atomic E-state index is 0.408. The number of likely N-dealkylation sites (N-methyl/N-ethyl adjacent to an activating group) is 1. The number of hydrogen-bond donors (Lipinski definition) is 1. The van der Waals surface area contributed by atoms with Gasteiger partial charge in [-0.2, -0.15) is 0 Å². The highest BCUT2D eigenvalue weighted by Crippen LogP contribution is 2.15. The van der Waals surface area contributed by atoms with Crippen LogP contribution in [-0.4, -0.2) is 37.7 Å². The van der Waals surface area contributed by atoms with Gasteiger partial charge < -0.3 is 14.5 Å². The maximum absolute atomic E-state index is 5.82. The Morgan fingerprint density at radius 1 is 1.37 bits per heavy atom. The molecule has 0 bridgehead atoms. The molecule has 0 aliphatic carbocycles. The van der Waals surface area contributed by atoms with Gasteiger partial charge in [0, 0.05) is 13.2 Å². The summed E-state index contributed by atoms with van der Waals surface area (Å²) in [6.45, 7) is 6.79. The lowest BCUT2D eigenvalue weighted by Crippen LogP contribution is -2.28. The van der Waals surface area contributed by atoms with Crippen LogP contribution >= 0.6 is 0 Å². The number of furan rings is 1. The first-order valence-electron chi connectivity index (χ1n) is 7.36. The monoisotopic (exact) mass is 266 g/mol. The molecular weight excluding hydrogens is 240 g/mol. The molecule has 4 heteroatoms. The fourth-order valence-electron chi connectivity index (χ4n) is 2.46. The fraction of sp³-hybridized carbons (Fsp3) is 0.733. The smallest absolute Gasteiger partial charge is 0.118 e. The summed E-state index contributed by atoms with van der Waals surface area (Å²) in [5.74, 6) is 2.06. The van der Waals surface area contributed by atoms with Crippen LogP contribution in [0, 0.1) is 0 Å². The summed E-state index contributed by atoms with van der Waals surface area (Å²) in [5.41, 5.74) is 0. The third kappa shape index (κ3) is 4.97. The molecule has 1 fully saturated rings. The highest BCUT2D eigenvalue weighted by atomic mass is 16.5. The largest absolute Gasteiger partial charge is 0.463 e. The van der Waals surface area contributed by atoms with Crippen LogP contribution in [0.2, 0.25) is 0 Å². The maximum Gasteiger partial charge on any atom is 0.118 e. The first kappa shape index (κ1) is 14.6. The Morgan fingerprint density at radius 2 is 2.21 bits per heavy atom. The van der Waals surface area contributed by atoms with E-state index in [1.165, 1.54) is 12.8 Å². The van der Waals surface area contributed by atoms with Crippen molar-refractivity contribution in [3.63, 3.8) is 0 Å². The summed E-state index contributed by atoms with van der Waals surface area (Å²) < 4.78 is 11.5. The second-order valence-electron chi connectivity index (χ2n) is 5.38. The van der Waals surface area contributed by atoms with Crippen molar-refractivity contribution >= 4 is 0 Å². The van der Waals surface area contributed by atoms with Crippen LogP contribution in [0.1, 0.15) is 37.7 Å². The Kier molecular flexibility index (Phi) is 5.89. The molecule has 1 aliphatic rings. The van der Waals surface area contributed by atoms with E-state index in [0.29, 0.717) is 6.10 Å². The molecule has 2 rings (SSSR count). The highest BCUT2D eigenvalue weighted by Gasteiger charge is 2.17. The number of nitrogens with one attached hydrogen (secondary N) is 1. The molecule has 0 radical (unpaired) electrons. The molecular formula is C15H26N2O2. The molecule has 19 heavy (non-hydrogen) atoms. The van der Waals surface area contributed by atoms with Crippen molar-refractivity contribution < 1.29 is 9.15 Å². The van der Waals surface area contributed by atoms with Gasteiger partial charge in [0.25, 0.3) is 0 Å². The average molecular weight is 266 g/mol.